The number of nitrogens with two attached hydrogens (primary N) is 2. The van der Waals surface area contributed by atoms with E-state index in [1.54, 1.807) is 23.3 Å². The van der Waals surface area contributed by atoms with Crippen LogP contribution in [0.5, 0.6) is 5.75 Å². The lowest BCUT2D eigenvalue weighted by Crippen LogP contribution is -2.34. The van der Waals surface area contributed by atoms with Crippen molar-refractivity contribution in [2.75, 3.05) is 25.9 Å². The average Bonchev–Trinajstić information content (AvgIpc) is 3.27. The number of β-amino-alcohol motifs (C(OH)–C–C–N with tert-alkyl or cyclic N) is 1. The van der Waals surface area contributed by atoms with Crippen LogP contribution in [-0.4, -0.2) is 63.6 Å². The van der Waals surface area contributed by atoms with Gasteiger partial charge < -0.3 is 20.4 Å². The predicted molar refractivity (Wildman–Crippen MR) is 141 cm³/mol. The molecule has 8 N–H and O–H groups in total. The number of carbonyl (C=O) groups excluding carboxylic acids is 2. The third-order valence-electron chi connectivity index (χ3n) is 4.88. The first-order valence-electron chi connectivity index (χ1n) is 11.4. The Morgan fingerprint density at radius 1 is 1.37 bits per heavy atom. The SMILES string of the molecule is C#Cc1ccc(CNC=O)c(O)c1.CC.CS(=O)NCCC(C)(C)CC(=O)N1CCC(O)C1.NN. The lowest BCUT2D eigenvalue weighted by molar-refractivity contribution is -0.132. The Kier molecular flexibility index (Phi) is 19.6. The van der Waals surface area contributed by atoms with E-state index in [2.05, 4.69) is 27.6 Å². The lowest BCUT2D eigenvalue weighted by Gasteiger charge is -2.26. The molecule has 0 bridgehead atoms. The van der Waals surface area contributed by atoms with Crippen LogP contribution < -0.4 is 21.7 Å². The summed E-state index contributed by atoms with van der Waals surface area (Å²) in [6, 6.07) is 4.88. The van der Waals surface area contributed by atoms with Crippen LogP contribution in [0.1, 0.15) is 58.1 Å². The monoisotopic (exact) mass is 513 g/mol. The van der Waals surface area contributed by atoms with Gasteiger partial charge in [-0.05, 0) is 30.4 Å². The van der Waals surface area contributed by atoms with E-state index in [1.165, 1.54) is 6.07 Å². The third-order valence-corrected chi connectivity index (χ3v) is 5.49. The number of nitrogens with one attached hydrogen (secondary N) is 2. The van der Waals surface area contributed by atoms with E-state index in [0.717, 1.165) is 6.42 Å². The highest BCUT2D eigenvalue weighted by Crippen LogP contribution is 2.26. The second-order valence-corrected chi connectivity index (χ2v) is 9.41. The number of aliphatic hydroxyl groups is 1. The van der Waals surface area contributed by atoms with Crippen molar-refractivity contribution in [3.05, 3.63) is 29.3 Å². The lowest BCUT2D eigenvalue weighted by atomic mass is 9.85. The highest BCUT2D eigenvalue weighted by atomic mass is 32.2. The molecule has 0 aromatic heterocycles. The van der Waals surface area contributed by atoms with E-state index in [9.17, 15) is 24.0 Å². The largest absolute Gasteiger partial charge is 0.508 e. The number of phenolic OH excluding ortho intramolecular Hbond substituents is 1. The van der Waals surface area contributed by atoms with Crippen molar-refractivity contribution in [2.45, 2.75) is 59.6 Å². The minimum absolute atomic E-state index is 0.102. The smallest absolute Gasteiger partial charge is 0.223 e. The van der Waals surface area contributed by atoms with E-state index in [-0.39, 0.29) is 23.2 Å². The van der Waals surface area contributed by atoms with E-state index < -0.39 is 11.0 Å². The van der Waals surface area contributed by atoms with Crippen molar-refractivity contribution in [1.82, 2.24) is 14.9 Å². The van der Waals surface area contributed by atoms with Crippen molar-refractivity contribution in [3.8, 4) is 18.1 Å². The first-order valence-corrected chi connectivity index (χ1v) is 13.0. The Morgan fingerprint density at radius 2 is 2.00 bits per heavy atom. The molecule has 2 amide bonds. The summed E-state index contributed by atoms with van der Waals surface area (Å²) in [6.45, 7) is 10.2. The summed E-state index contributed by atoms with van der Waals surface area (Å²) >= 11 is 0. The zero-order valence-electron chi connectivity index (χ0n) is 21.5. The van der Waals surface area contributed by atoms with Gasteiger partial charge in [-0.25, -0.2) is 8.93 Å². The Bertz CT molecular complexity index is 814. The number of aromatic hydroxyl groups is 1. The maximum atomic E-state index is 12.0. The number of nitrogens with zero attached hydrogens (tertiary/aromatic N) is 1. The molecule has 0 spiro atoms. The summed E-state index contributed by atoms with van der Waals surface area (Å²) in [5.41, 5.74) is 1.15. The van der Waals surface area contributed by atoms with Crippen molar-refractivity contribution in [1.29, 1.82) is 0 Å². The first-order chi connectivity index (χ1) is 16.6. The van der Waals surface area contributed by atoms with E-state index in [4.69, 9.17) is 6.42 Å². The average molecular weight is 514 g/mol. The topological polar surface area (TPSA) is 171 Å². The number of rotatable bonds is 9. The van der Waals surface area contributed by atoms with E-state index in [1.807, 2.05) is 27.7 Å². The molecule has 2 rings (SSSR count). The van der Waals surface area contributed by atoms with Crippen molar-refractivity contribution >= 4 is 23.3 Å². The zero-order valence-corrected chi connectivity index (χ0v) is 22.4. The number of benzene rings is 1. The molecular formula is C24H43N5O5S. The number of amides is 2. The molecule has 1 aliphatic rings. The molecule has 1 aromatic rings. The van der Waals surface area contributed by atoms with E-state index in [0.29, 0.717) is 56.6 Å². The van der Waals surface area contributed by atoms with Crippen molar-refractivity contribution in [3.63, 3.8) is 0 Å². The van der Waals surface area contributed by atoms with Gasteiger partial charge in [0.1, 0.15) is 5.75 Å². The molecule has 1 heterocycles. The van der Waals surface area contributed by atoms with Gasteiger partial charge in [0.05, 0.1) is 17.1 Å². The minimum Gasteiger partial charge on any atom is -0.508 e. The second-order valence-electron chi connectivity index (χ2n) is 8.21. The summed E-state index contributed by atoms with van der Waals surface area (Å²) in [5, 5.41) is 21.3. The number of carbonyl (C=O) groups is 2. The van der Waals surface area contributed by atoms with Crippen molar-refractivity contribution in [2.24, 2.45) is 17.1 Å². The molecule has 0 radical (unpaired) electrons. The fourth-order valence-corrected chi connectivity index (χ4v) is 3.46. The summed E-state index contributed by atoms with van der Waals surface area (Å²) in [7, 11) is -0.998. The third kappa shape index (κ3) is 15.9. The Hall–Kier alpha value is -2.49. The molecule has 11 heteroatoms. The summed E-state index contributed by atoms with van der Waals surface area (Å²) in [6.07, 6.45) is 8.91. The number of terminal acetylenes is 1. The summed E-state index contributed by atoms with van der Waals surface area (Å²) in [4.78, 5) is 23.8. The van der Waals surface area contributed by atoms with Gasteiger partial charge >= 0.3 is 0 Å². The molecule has 0 aliphatic carbocycles. The van der Waals surface area contributed by atoms with Gasteiger partial charge in [-0.3, -0.25) is 21.3 Å². The number of hydrazine groups is 1. The zero-order chi connectivity index (χ0) is 27.4. The highest BCUT2D eigenvalue weighted by molar-refractivity contribution is 7.82. The van der Waals surface area contributed by atoms with Crippen LogP contribution in [0.25, 0.3) is 0 Å². The first kappa shape index (κ1) is 34.7. The molecule has 0 saturated carbocycles. The number of hydrogen-bond donors (Lipinski definition) is 6. The highest BCUT2D eigenvalue weighted by Gasteiger charge is 2.29. The van der Waals surface area contributed by atoms with Crippen molar-refractivity contribution < 1.29 is 24.0 Å². The summed E-state index contributed by atoms with van der Waals surface area (Å²) < 4.78 is 13.8. The van der Waals surface area contributed by atoms with Gasteiger partial charge in [0.25, 0.3) is 0 Å². The quantitative estimate of drug-likeness (QED) is 0.122. The molecule has 2 unspecified atom stereocenters. The fourth-order valence-electron chi connectivity index (χ4n) is 3.07. The van der Waals surface area contributed by atoms with Crippen LogP contribution in [0, 0.1) is 17.8 Å². The van der Waals surface area contributed by atoms with E-state index >= 15 is 0 Å². The Labute approximate surface area is 212 Å². The molecule has 1 aliphatic heterocycles. The maximum Gasteiger partial charge on any atom is 0.223 e. The molecular weight excluding hydrogens is 470 g/mol. The molecule has 200 valence electrons. The molecule has 1 saturated heterocycles. The summed E-state index contributed by atoms with van der Waals surface area (Å²) in [5.74, 6) is 10.6. The van der Waals surface area contributed by atoms with Crippen LogP contribution in [0.15, 0.2) is 18.2 Å². The van der Waals surface area contributed by atoms with Gasteiger partial charge in [0, 0.05) is 50.0 Å². The molecule has 1 aromatic carbocycles. The molecule has 2 atom stereocenters. The van der Waals surface area contributed by atoms with Crippen LogP contribution in [0.2, 0.25) is 0 Å². The maximum absolute atomic E-state index is 12.0. The van der Waals surface area contributed by atoms with Gasteiger partial charge in [-0.2, -0.15) is 0 Å². The number of aliphatic hydroxyl groups excluding tert-OH is 1. The van der Waals surface area contributed by atoms with Crippen LogP contribution in [0.3, 0.4) is 0 Å². The number of likely N-dealkylation sites (tertiary alicyclic amines) is 1. The number of hydrogen-bond acceptors (Lipinski definition) is 7. The fraction of sp³-hybridized carbons (Fsp3) is 0.583. The Balaban J connectivity index is 0. The molecule has 1 fully saturated rings. The number of phenols is 1. The second kappa shape index (κ2) is 19.8. The molecule has 35 heavy (non-hydrogen) atoms. The minimum atomic E-state index is -0.998. The van der Waals surface area contributed by atoms with Crippen LogP contribution >= 0.6 is 0 Å². The van der Waals surface area contributed by atoms with Gasteiger partial charge in [-0.15, -0.1) is 6.42 Å². The van der Waals surface area contributed by atoms with Gasteiger partial charge in [-0.1, -0.05) is 39.7 Å². The molecule has 10 nitrogen and oxygen atoms in total. The standard InChI is InChI=1S/C12H24N2O3S.C10H9NO2.C2H6.H4N2/c1-12(2,5-6-13-18(3)17)8-11(16)14-7-4-10(15)9-14;1-2-8-3-4-9(6-11-7-12)10(13)5-8;2*1-2/h10,13,15H,4-9H2,1-3H3;1,3-5,7,13H,6H2,(H,11,12);1-2H3;1-2H2. The normalized spacial score (nSPS) is 15.1. The predicted octanol–water partition coefficient (Wildman–Crippen LogP) is 0.734. The van der Waals surface area contributed by atoms with Crippen LogP contribution in [0.4, 0.5) is 0 Å². The Morgan fingerprint density at radius 3 is 2.46 bits per heavy atom. The van der Waals surface area contributed by atoms with Crippen LogP contribution in [-0.2, 0) is 27.1 Å². The van der Waals surface area contributed by atoms with Gasteiger partial charge in [0.15, 0.2) is 0 Å². The van der Waals surface area contributed by atoms with Gasteiger partial charge in [0.2, 0.25) is 12.3 Å².